The van der Waals surface area contributed by atoms with Gasteiger partial charge in [-0.15, -0.1) is 22.7 Å². The lowest BCUT2D eigenvalue weighted by Crippen LogP contribution is -2.18. The zero-order chi connectivity index (χ0) is 24.1. The summed E-state index contributed by atoms with van der Waals surface area (Å²) in [5.41, 5.74) is 4.71. The van der Waals surface area contributed by atoms with Gasteiger partial charge in [0.2, 0.25) is 0 Å². The Balaban J connectivity index is 1.58. The molecular weight excluding hydrogens is 484 g/mol. The molecule has 13 heteroatoms. The number of aromatic nitrogens is 2. The number of nitrogens with zero attached hydrogens (tertiary/aromatic N) is 4. The maximum absolute atomic E-state index is 12.8. The summed E-state index contributed by atoms with van der Waals surface area (Å²) in [5.74, 6) is 0. The first kappa shape index (κ1) is 22.9. The van der Waals surface area contributed by atoms with Gasteiger partial charge < -0.3 is 9.47 Å². The molecule has 0 spiro atoms. The van der Waals surface area contributed by atoms with Crippen molar-refractivity contribution in [2.75, 3.05) is 0 Å². The Morgan fingerprint density at radius 3 is 1.41 bits per heavy atom. The van der Waals surface area contributed by atoms with Crippen LogP contribution >= 0.6 is 22.7 Å². The Kier molecular flexibility index (Phi) is 6.85. The average molecular weight is 498 g/mol. The van der Waals surface area contributed by atoms with Crippen LogP contribution < -0.4 is 0 Å². The number of nitro benzene ring substituents is 2. The highest BCUT2D eigenvalue weighted by Gasteiger charge is 2.27. The van der Waals surface area contributed by atoms with Gasteiger partial charge in [-0.25, -0.2) is 14.8 Å². The average Bonchev–Trinajstić information content (AvgIpc) is 3.56. The maximum atomic E-state index is 12.8. The zero-order valence-corrected chi connectivity index (χ0v) is 18.7. The number of hydrogen-bond donors (Lipinski definition) is 0. The van der Waals surface area contributed by atoms with Crippen LogP contribution in [0.2, 0.25) is 0 Å². The van der Waals surface area contributed by atoms with E-state index in [1.807, 2.05) is 0 Å². The van der Waals surface area contributed by atoms with Crippen LogP contribution in [-0.2, 0) is 9.47 Å². The van der Waals surface area contributed by atoms with Gasteiger partial charge in [-0.2, -0.15) is 0 Å². The van der Waals surface area contributed by atoms with E-state index in [9.17, 15) is 25.0 Å². The molecule has 2 aromatic heterocycles. The van der Waals surface area contributed by atoms with Crippen molar-refractivity contribution >= 4 is 40.2 Å². The fraction of sp³-hybridized carbons (Fsp3) is 0.0952. The molecule has 0 aliphatic rings. The Morgan fingerprint density at radius 1 is 0.735 bits per heavy atom. The summed E-state index contributed by atoms with van der Waals surface area (Å²) in [6, 6.07) is 11.1. The number of ether oxygens (including phenoxy) is 2. The summed E-state index contributed by atoms with van der Waals surface area (Å²) in [6.07, 6.45) is -2.97. The normalized spacial score (nSPS) is 12.5. The summed E-state index contributed by atoms with van der Waals surface area (Å²) in [5, 5.41) is 25.3. The van der Waals surface area contributed by atoms with Crippen molar-refractivity contribution in [3.05, 3.63) is 113 Å². The van der Waals surface area contributed by atoms with E-state index >= 15 is 0 Å². The molecule has 11 nitrogen and oxygen atoms in total. The molecule has 2 aromatic carbocycles. The summed E-state index contributed by atoms with van der Waals surface area (Å²) in [4.78, 5) is 42.1. The minimum atomic E-state index is -1.03. The van der Waals surface area contributed by atoms with Crippen molar-refractivity contribution in [1.29, 1.82) is 0 Å². The van der Waals surface area contributed by atoms with Crippen molar-refractivity contribution in [1.82, 2.24) is 9.97 Å². The van der Waals surface area contributed by atoms with Crippen molar-refractivity contribution in [2.24, 2.45) is 0 Å². The van der Waals surface area contributed by atoms with Gasteiger partial charge in [0.25, 0.3) is 11.4 Å². The Bertz CT molecular complexity index is 1180. The highest BCUT2D eigenvalue weighted by Crippen LogP contribution is 2.31. The van der Waals surface area contributed by atoms with Crippen molar-refractivity contribution in [3.8, 4) is 0 Å². The standard InChI is InChI=1S/C21H14N4O7S2/c26-21(31-19(17-9-33-11-22-17)13-1-5-15(6-2-13)24(27)28)32-20(18-10-34-12-23-18)14-3-7-16(8-4-14)25(29)30/h1-12,19-20H. The van der Waals surface area contributed by atoms with Crippen LogP contribution in [0.3, 0.4) is 0 Å². The Morgan fingerprint density at radius 2 is 1.12 bits per heavy atom. The van der Waals surface area contributed by atoms with Crippen LogP contribution in [0.15, 0.2) is 70.3 Å². The van der Waals surface area contributed by atoms with Crippen LogP contribution in [0.4, 0.5) is 16.2 Å². The highest BCUT2D eigenvalue weighted by molar-refractivity contribution is 7.07. The molecule has 34 heavy (non-hydrogen) atoms. The predicted molar refractivity (Wildman–Crippen MR) is 122 cm³/mol. The summed E-state index contributed by atoms with van der Waals surface area (Å²) < 4.78 is 11.1. The number of thiazole rings is 2. The zero-order valence-electron chi connectivity index (χ0n) is 17.0. The molecule has 4 rings (SSSR count). The largest absolute Gasteiger partial charge is 0.510 e. The van der Waals surface area contributed by atoms with Gasteiger partial charge in [0, 0.05) is 35.0 Å². The first-order chi connectivity index (χ1) is 16.4. The second-order valence-electron chi connectivity index (χ2n) is 6.77. The number of non-ortho nitro benzene ring substituents is 2. The molecule has 0 radical (unpaired) electrons. The quantitative estimate of drug-likeness (QED) is 0.176. The van der Waals surface area contributed by atoms with E-state index in [4.69, 9.17) is 9.47 Å². The van der Waals surface area contributed by atoms with Crippen LogP contribution in [-0.4, -0.2) is 26.0 Å². The number of carbonyl (C=O) groups is 1. The lowest BCUT2D eigenvalue weighted by Gasteiger charge is -2.20. The number of nitro groups is 2. The van der Waals surface area contributed by atoms with Crippen molar-refractivity contribution in [2.45, 2.75) is 12.2 Å². The van der Waals surface area contributed by atoms with E-state index in [2.05, 4.69) is 9.97 Å². The maximum Gasteiger partial charge on any atom is 0.510 e. The van der Waals surface area contributed by atoms with Crippen LogP contribution in [0.25, 0.3) is 0 Å². The number of rotatable bonds is 8. The minimum Gasteiger partial charge on any atom is -0.419 e. The molecular formula is C21H14N4O7S2. The van der Waals surface area contributed by atoms with E-state index in [1.165, 1.54) is 71.2 Å². The Hall–Kier alpha value is -4.23. The molecule has 2 heterocycles. The number of hydrogen-bond acceptors (Lipinski definition) is 11. The van der Waals surface area contributed by atoms with E-state index in [0.717, 1.165) is 0 Å². The molecule has 2 atom stereocenters. The topological polar surface area (TPSA) is 148 Å². The van der Waals surface area contributed by atoms with Gasteiger partial charge in [0.05, 0.1) is 32.3 Å². The Labute approximate surface area is 199 Å². The fourth-order valence-corrected chi connectivity index (χ4v) is 4.20. The third kappa shape index (κ3) is 5.22. The van der Waals surface area contributed by atoms with Gasteiger partial charge in [-0.3, -0.25) is 20.2 Å². The smallest absolute Gasteiger partial charge is 0.419 e. The minimum absolute atomic E-state index is 0.106. The molecule has 0 bridgehead atoms. The van der Waals surface area contributed by atoms with E-state index in [-0.39, 0.29) is 11.4 Å². The monoisotopic (exact) mass is 498 g/mol. The highest BCUT2D eigenvalue weighted by atomic mass is 32.1. The molecule has 0 saturated heterocycles. The van der Waals surface area contributed by atoms with Gasteiger partial charge >= 0.3 is 6.16 Å². The molecule has 2 unspecified atom stereocenters. The lowest BCUT2D eigenvalue weighted by molar-refractivity contribution is -0.385. The first-order valence-electron chi connectivity index (χ1n) is 9.54. The van der Waals surface area contributed by atoms with Crippen LogP contribution in [0.5, 0.6) is 0 Å². The van der Waals surface area contributed by atoms with Crippen molar-refractivity contribution in [3.63, 3.8) is 0 Å². The lowest BCUT2D eigenvalue weighted by atomic mass is 10.1. The fourth-order valence-electron chi connectivity index (χ4n) is 3.06. The van der Waals surface area contributed by atoms with E-state index in [0.29, 0.717) is 22.5 Å². The van der Waals surface area contributed by atoms with Crippen molar-refractivity contribution < 1.29 is 24.1 Å². The summed E-state index contributed by atoms with van der Waals surface area (Å²) in [6.45, 7) is 0. The molecule has 4 aromatic rings. The number of carbonyl (C=O) groups excluding carboxylic acids is 1. The molecule has 0 N–H and O–H groups in total. The molecule has 0 aliphatic heterocycles. The molecule has 172 valence electrons. The van der Waals surface area contributed by atoms with E-state index in [1.54, 1.807) is 21.8 Å². The van der Waals surface area contributed by atoms with Crippen LogP contribution in [0, 0.1) is 20.2 Å². The van der Waals surface area contributed by atoms with Gasteiger partial charge in [-0.1, -0.05) is 0 Å². The SMILES string of the molecule is O=C(OC(c1ccc([N+](=O)[O-])cc1)c1cscn1)OC(c1ccc([N+](=O)[O-])cc1)c1cscn1. The third-order valence-corrected chi connectivity index (χ3v) is 5.89. The van der Waals surface area contributed by atoms with Gasteiger partial charge in [0.1, 0.15) is 0 Å². The number of benzene rings is 2. The summed E-state index contributed by atoms with van der Waals surface area (Å²) >= 11 is 2.59. The molecule has 0 fully saturated rings. The molecule has 0 amide bonds. The van der Waals surface area contributed by atoms with Gasteiger partial charge in [-0.05, 0) is 35.4 Å². The second-order valence-corrected chi connectivity index (χ2v) is 8.21. The van der Waals surface area contributed by atoms with Gasteiger partial charge in [0.15, 0.2) is 12.2 Å². The third-order valence-electron chi connectivity index (χ3n) is 4.68. The summed E-state index contributed by atoms with van der Waals surface area (Å²) in [7, 11) is 0. The first-order valence-corrected chi connectivity index (χ1v) is 11.4. The molecule has 0 aliphatic carbocycles. The molecule has 0 saturated carbocycles. The van der Waals surface area contributed by atoms with E-state index < -0.39 is 28.2 Å². The second kappa shape index (κ2) is 10.1. The predicted octanol–water partition coefficient (Wildman–Crippen LogP) is 5.45. The van der Waals surface area contributed by atoms with Crippen LogP contribution in [0.1, 0.15) is 34.7 Å².